The summed E-state index contributed by atoms with van der Waals surface area (Å²) in [6, 6.07) is 12.7. The van der Waals surface area contributed by atoms with E-state index < -0.39 is 11.7 Å². The molecular weight excluding hydrogens is 291 g/mol. The Kier molecular flexibility index (Phi) is 3.56. The van der Waals surface area contributed by atoms with E-state index in [1.807, 2.05) is 42.1 Å². The third-order valence-corrected chi connectivity index (χ3v) is 3.56. The number of hydrogen-bond acceptors (Lipinski definition) is 1. The molecule has 22 heavy (non-hydrogen) atoms. The quantitative estimate of drug-likeness (QED) is 0.679. The number of alkyl halides is 3. The summed E-state index contributed by atoms with van der Waals surface area (Å²) in [5.41, 5.74) is 1.41. The zero-order valence-electron chi connectivity index (χ0n) is 11.9. The largest absolute Gasteiger partial charge is 0.489 e. The summed E-state index contributed by atoms with van der Waals surface area (Å²) in [5.74, 6) is 0.418. The summed E-state index contributed by atoms with van der Waals surface area (Å²) in [5, 5.41) is 1.08. The van der Waals surface area contributed by atoms with Crippen molar-refractivity contribution in [1.29, 1.82) is 0 Å². The Morgan fingerprint density at radius 3 is 2.36 bits per heavy atom. The Morgan fingerprint density at radius 2 is 1.68 bits per heavy atom. The lowest BCUT2D eigenvalue weighted by Crippen LogP contribution is -2.04. The zero-order valence-corrected chi connectivity index (χ0v) is 11.9. The van der Waals surface area contributed by atoms with Crippen LogP contribution in [0.5, 0.6) is 5.75 Å². The molecule has 3 aromatic rings. The van der Waals surface area contributed by atoms with E-state index in [-0.39, 0.29) is 0 Å². The molecule has 0 amide bonds. The summed E-state index contributed by atoms with van der Waals surface area (Å²) in [7, 11) is 1.95. The first-order chi connectivity index (χ1) is 10.4. The van der Waals surface area contributed by atoms with Crippen molar-refractivity contribution in [2.45, 2.75) is 12.8 Å². The summed E-state index contributed by atoms with van der Waals surface area (Å²) in [6.07, 6.45) is -2.36. The van der Waals surface area contributed by atoms with Crippen LogP contribution in [0.1, 0.15) is 11.1 Å². The van der Waals surface area contributed by atoms with E-state index in [1.54, 1.807) is 0 Å². The highest BCUT2D eigenvalue weighted by molar-refractivity contribution is 5.83. The van der Waals surface area contributed by atoms with Crippen molar-refractivity contribution in [3.05, 3.63) is 65.9 Å². The van der Waals surface area contributed by atoms with Crippen LogP contribution in [0.25, 0.3) is 10.9 Å². The minimum absolute atomic E-state index is 0.312. The van der Waals surface area contributed by atoms with Gasteiger partial charge in [-0.2, -0.15) is 13.2 Å². The van der Waals surface area contributed by atoms with E-state index in [9.17, 15) is 13.2 Å². The third kappa shape index (κ3) is 2.79. The second-order valence-corrected chi connectivity index (χ2v) is 5.09. The van der Waals surface area contributed by atoms with Crippen LogP contribution >= 0.6 is 0 Å². The van der Waals surface area contributed by atoms with Gasteiger partial charge in [-0.15, -0.1) is 0 Å². The molecule has 0 aliphatic rings. The molecule has 5 heteroatoms. The second-order valence-electron chi connectivity index (χ2n) is 5.09. The Bertz CT molecular complexity index is 788. The number of hydrogen-bond donors (Lipinski definition) is 0. The SMILES string of the molecule is Cn1cc(COc2ccc(C(F)(F)F)cc2)c2ccccc21. The number of nitrogens with zero attached hydrogens (tertiary/aromatic N) is 1. The van der Waals surface area contributed by atoms with Gasteiger partial charge in [0.25, 0.3) is 0 Å². The standard InChI is InChI=1S/C17H14F3NO/c1-21-10-12(15-4-2-3-5-16(15)21)11-22-14-8-6-13(7-9-14)17(18,19)20/h2-10H,11H2,1H3. The van der Waals surface area contributed by atoms with Crippen LogP contribution in [0.2, 0.25) is 0 Å². The maximum Gasteiger partial charge on any atom is 0.416 e. The van der Waals surface area contributed by atoms with Crippen LogP contribution in [0.3, 0.4) is 0 Å². The molecule has 0 unspecified atom stereocenters. The molecule has 1 aromatic heterocycles. The van der Waals surface area contributed by atoms with Gasteiger partial charge in [0, 0.05) is 29.7 Å². The van der Waals surface area contributed by atoms with Crippen molar-refractivity contribution < 1.29 is 17.9 Å². The van der Waals surface area contributed by atoms with Gasteiger partial charge in [0.15, 0.2) is 0 Å². The Hall–Kier alpha value is -2.43. The highest BCUT2D eigenvalue weighted by Crippen LogP contribution is 2.30. The first-order valence-corrected chi connectivity index (χ1v) is 6.78. The Morgan fingerprint density at radius 1 is 1.00 bits per heavy atom. The first-order valence-electron chi connectivity index (χ1n) is 6.78. The van der Waals surface area contributed by atoms with Gasteiger partial charge in [-0.25, -0.2) is 0 Å². The average molecular weight is 305 g/mol. The van der Waals surface area contributed by atoms with Crippen LogP contribution in [0.15, 0.2) is 54.7 Å². The molecule has 0 saturated heterocycles. The van der Waals surface area contributed by atoms with Crippen molar-refractivity contribution in [1.82, 2.24) is 4.57 Å². The topological polar surface area (TPSA) is 14.2 Å². The fourth-order valence-corrected chi connectivity index (χ4v) is 2.44. The molecule has 0 fully saturated rings. The van der Waals surface area contributed by atoms with Gasteiger partial charge in [0.05, 0.1) is 5.56 Å². The van der Waals surface area contributed by atoms with Crippen molar-refractivity contribution >= 4 is 10.9 Å². The van der Waals surface area contributed by atoms with E-state index in [1.165, 1.54) is 12.1 Å². The lowest BCUT2D eigenvalue weighted by atomic mass is 10.2. The van der Waals surface area contributed by atoms with Gasteiger partial charge < -0.3 is 9.30 Å². The molecule has 0 aliphatic carbocycles. The molecule has 0 radical (unpaired) electrons. The molecule has 0 bridgehead atoms. The summed E-state index contributed by atoms with van der Waals surface area (Å²) in [6.45, 7) is 0.312. The van der Waals surface area contributed by atoms with Crippen LogP contribution in [0.4, 0.5) is 13.2 Å². The number of rotatable bonds is 3. The van der Waals surface area contributed by atoms with Crippen molar-refractivity contribution in [2.24, 2.45) is 7.05 Å². The number of ether oxygens (including phenoxy) is 1. The number of para-hydroxylation sites is 1. The molecule has 0 N–H and O–H groups in total. The molecule has 2 aromatic carbocycles. The van der Waals surface area contributed by atoms with Crippen LogP contribution in [-0.2, 0) is 19.8 Å². The molecule has 0 atom stereocenters. The Labute approximate surface area is 125 Å². The highest BCUT2D eigenvalue weighted by Gasteiger charge is 2.30. The molecule has 2 nitrogen and oxygen atoms in total. The fraction of sp³-hybridized carbons (Fsp3) is 0.176. The molecule has 0 spiro atoms. The van der Waals surface area contributed by atoms with Gasteiger partial charge in [0.1, 0.15) is 12.4 Å². The third-order valence-electron chi connectivity index (χ3n) is 3.56. The van der Waals surface area contributed by atoms with Gasteiger partial charge in [-0.3, -0.25) is 0 Å². The summed E-state index contributed by atoms with van der Waals surface area (Å²) >= 11 is 0. The summed E-state index contributed by atoms with van der Waals surface area (Å²) < 4.78 is 45.1. The predicted molar refractivity (Wildman–Crippen MR) is 78.7 cm³/mol. The monoisotopic (exact) mass is 305 g/mol. The van der Waals surface area contributed by atoms with E-state index in [2.05, 4.69) is 0 Å². The van der Waals surface area contributed by atoms with Crippen molar-refractivity contribution in [3.63, 3.8) is 0 Å². The van der Waals surface area contributed by atoms with E-state index in [4.69, 9.17) is 4.74 Å². The minimum Gasteiger partial charge on any atom is -0.489 e. The Balaban J connectivity index is 1.77. The van der Waals surface area contributed by atoms with Gasteiger partial charge >= 0.3 is 6.18 Å². The lowest BCUT2D eigenvalue weighted by Gasteiger charge is -2.09. The van der Waals surface area contributed by atoms with Crippen LogP contribution in [-0.4, -0.2) is 4.57 Å². The van der Waals surface area contributed by atoms with E-state index in [0.29, 0.717) is 12.4 Å². The molecule has 0 saturated carbocycles. The average Bonchev–Trinajstić information content (AvgIpc) is 2.82. The van der Waals surface area contributed by atoms with E-state index in [0.717, 1.165) is 28.6 Å². The van der Waals surface area contributed by atoms with Crippen LogP contribution < -0.4 is 4.74 Å². The smallest absolute Gasteiger partial charge is 0.416 e. The van der Waals surface area contributed by atoms with Gasteiger partial charge in [0.2, 0.25) is 0 Å². The number of fused-ring (bicyclic) bond motifs is 1. The fourth-order valence-electron chi connectivity index (χ4n) is 2.44. The highest BCUT2D eigenvalue weighted by atomic mass is 19.4. The zero-order chi connectivity index (χ0) is 15.7. The van der Waals surface area contributed by atoms with Gasteiger partial charge in [-0.1, -0.05) is 18.2 Å². The molecule has 114 valence electrons. The predicted octanol–water partition coefficient (Wildman–Crippen LogP) is 4.78. The van der Waals surface area contributed by atoms with E-state index >= 15 is 0 Å². The number of aryl methyl sites for hydroxylation is 1. The van der Waals surface area contributed by atoms with Crippen molar-refractivity contribution in [3.8, 4) is 5.75 Å². The number of benzene rings is 2. The minimum atomic E-state index is -4.33. The maximum absolute atomic E-state index is 12.5. The molecule has 0 aliphatic heterocycles. The summed E-state index contributed by atoms with van der Waals surface area (Å²) in [4.78, 5) is 0. The first kappa shape index (κ1) is 14.5. The lowest BCUT2D eigenvalue weighted by molar-refractivity contribution is -0.137. The molecule has 1 heterocycles. The van der Waals surface area contributed by atoms with Crippen molar-refractivity contribution in [2.75, 3.05) is 0 Å². The number of halogens is 3. The molecule has 3 rings (SSSR count). The normalized spacial score (nSPS) is 11.8. The van der Waals surface area contributed by atoms with Crippen LogP contribution in [0, 0.1) is 0 Å². The number of aromatic nitrogens is 1. The second kappa shape index (κ2) is 5.40. The van der Waals surface area contributed by atoms with Gasteiger partial charge in [-0.05, 0) is 30.3 Å². The maximum atomic E-state index is 12.5. The molecular formula is C17H14F3NO.